The van der Waals surface area contributed by atoms with Gasteiger partial charge in [-0.3, -0.25) is 4.79 Å². The van der Waals surface area contributed by atoms with Crippen molar-refractivity contribution in [1.29, 1.82) is 0 Å². The highest BCUT2D eigenvalue weighted by molar-refractivity contribution is 7.89. The number of amides is 1. The summed E-state index contributed by atoms with van der Waals surface area (Å²) in [5.74, 6) is -1.07. The monoisotopic (exact) mass is 368 g/mol. The van der Waals surface area contributed by atoms with E-state index in [4.69, 9.17) is 4.74 Å². The molecule has 0 bridgehead atoms. The van der Waals surface area contributed by atoms with Gasteiger partial charge in [-0.2, -0.15) is 4.31 Å². The van der Waals surface area contributed by atoms with Gasteiger partial charge in [0.05, 0.1) is 10.5 Å². The minimum absolute atomic E-state index is 0.0285. The van der Waals surface area contributed by atoms with Crippen molar-refractivity contribution in [1.82, 2.24) is 9.62 Å². The lowest BCUT2D eigenvalue weighted by Crippen LogP contribution is -2.37. The Balaban J connectivity index is 2.11. The number of sulfonamides is 1. The average molecular weight is 368 g/mol. The van der Waals surface area contributed by atoms with Crippen molar-refractivity contribution in [3.63, 3.8) is 0 Å². The van der Waals surface area contributed by atoms with Crippen molar-refractivity contribution in [3.05, 3.63) is 29.8 Å². The van der Waals surface area contributed by atoms with E-state index < -0.39 is 22.1 Å². The van der Waals surface area contributed by atoms with Crippen molar-refractivity contribution in [3.8, 4) is 0 Å². The van der Waals surface area contributed by atoms with Gasteiger partial charge in [-0.05, 0) is 38.0 Å². The van der Waals surface area contributed by atoms with Gasteiger partial charge in [-0.15, -0.1) is 0 Å². The molecule has 1 amide bonds. The van der Waals surface area contributed by atoms with E-state index >= 15 is 0 Å². The summed E-state index contributed by atoms with van der Waals surface area (Å²) in [5, 5.41) is 2.76. The van der Waals surface area contributed by atoms with Gasteiger partial charge >= 0.3 is 5.97 Å². The number of hydrogen-bond acceptors (Lipinski definition) is 5. The minimum Gasteiger partial charge on any atom is -0.449 e. The predicted molar refractivity (Wildman–Crippen MR) is 92.6 cm³/mol. The molecule has 0 saturated heterocycles. The molecule has 0 heterocycles. The summed E-state index contributed by atoms with van der Waals surface area (Å²) in [4.78, 5) is 24.1. The smallest absolute Gasteiger partial charge is 0.338 e. The molecule has 8 heteroatoms. The number of carbonyl (C=O) groups excluding carboxylic acids is 2. The van der Waals surface area contributed by atoms with Crippen LogP contribution in [0.5, 0.6) is 0 Å². The van der Waals surface area contributed by atoms with Crippen LogP contribution in [0.3, 0.4) is 0 Å². The van der Waals surface area contributed by atoms with Gasteiger partial charge in [-0.25, -0.2) is 13.2 Å². The van der Waals surface area contributed by atoms with Gasteiger partial charge in [0.15, 0.2) is 6.10 Å². The first-order valence-corrected chi connectivity index (χ1v) is 9.85. The Hall–Kier alpha value is -1.93. The number of esters is 1. The Bertz CT molecular complexity index is 739. The number of nitrogens with one attached hydrogen (secondary N) is 1. The third kappa shape index (κ3) is 4.79. The molecule has 1 aliphatic carbocycles. The SMILES string of the molecule is CCN(CC)S(=O)(=O)c1cccc(C(=O)OC(C)C(=O)NC2CC2)c1. The third-order valence-corrected chi connectivity index (χ3v) is 6.04. The van der Waals surface area contributed by atoms with E-state index in [1.807, 2.05) is 0 Å². The number of benzene rings is 1. The van der Waals surface area contributed by atoms with E-state index in [1.165, 1.54) is 35.5 Å². The topological polar surface area (TPSA) is 92.8 Å². The summed E-state index contributed by atoms with van der Waals surface area (Å²) < 4.78 is 31.5. The molecule has 25 heavy (non-hydrogen) atoms. The van der Waals surface area contributed by atoms with E-state index in [0.29, 0.717) is 13.1 Å². The second-order valence-corrected chi connectivity index (χ2v) is 7.89. The molecular weight excluding hydrogens is 344 g/mol. The normalized spacial score (nSPS) is 15.7. The molecule has 1 atom stereocenters. The summed E-state index contributed by atoms with van der Waals surface area (Å²) in [6.07, 6.45) is 0.950. The summed E-state index contributed by atoms with van der Waals surface area (Å²) in [5.41, 5.74) is 0.0966. The van der Waals surface area contributed by atoms with E-state index in [2.05, 4.69) is 5.32 Å². The van der Waals surface area contributed by atoms with Gasteiger partial charge in [0.25, 0.3) is 5.91 Å². The number of nitrogens with zero attached hydrogens (tertiary/aromatic N) is 1. The largest absolute Gasteiger partial charge is 0.449 e. The first-order valence-electron chi connectivity index (χ1n) is 8.41. The van der Waals surface area contributed by atoms with Crippen LogP contribution in [-0.2, 0) is 19.6 Å². The molecule has 2 rings (SSSR count). The zero-order chi connectivity index (χ0) is 18.6. The summed E-state index contributed by atoms with van der Waals surface area (Å²) in [6.45, 7) is 5.67. The van der Waals surface area contributed by atoms with Crippen LogP contribution in [0.4, 0.5) is 0 Å². The van der Waals surface area contributed by atoms with Crippen LogP contribution in [0.2, 0.25) is 0 Å². The highest BCUT2D eigenvalue weighted by atomic mass is 32.2. The second kappa shape index (κ2) is 7.97. The highest BCUT2D eigenvalue weighted by Crippen LogP contribution is 2.20. The Kier molecular flexibility index (Phi) is 6.18. The Morgan fingerprint density at radius 3 is 2.48 bits per heavy atom. The van der Waals surface area contributed by atoms with Crippen LogP contribution >= 0.6 is 0 Å². The van der Waals surface area contributed by atoms with Crippen molar-refractivity contribution in [2.24, 2.45) is 0 Å². The maximum atomic E-state index is 12.5. The minimum atomic E-state index is -3.66. The number of hydrogen-bond donors (Lipinski definition) is 1. The molecule has 1 aromatic rings. The standard InChI is InChI=1S/C17H24N2O5S/c1-4-19(5-2)25(22,23)15-8-6-7-13(11-15)17(21)24-12(3)16(20)18-14-9-10-14/h6-8,11-12,14H,4-5,9-10H2,1-3H3,(H,18,20). The lowest BCUT2D eigenvalue weighted by Gasteiger charge is -2.19. The lowest BCUT2D eigenvalue weighted by atomic mass is 10.2. The molecule has 0 radical (unpaired) electrons. The van der Waals surface area contributed by atoms with E-state index in [0.717, 1.165) is 12.8 Å². The highest BCUT2D eigenvalue weighted by Gasteiger charge is 2.28. The molecule has 1 N–H and O–H groups in total. The molecule has 0 aromatic heterocycles. The Morgan fingerprint density at radius 2 is 1.92 bits per heavy atom. The van der Waals surface area contributed by atoms with Crippen LogP contribution in [0.1, 0.15) is 44.0 Å². The summed E-state index contributed by atoms with van der Waals surface area (Å²) in [7, 11) is -3.66. The quantitative estimate of drug-likeness (QED) is 0.703. The number of rotatable bonds is 8. The average Bonchev–Trinajstić information content (AvgIpc) is 3.39. The van der Waals surface area contributed by atoms with Crippen molar-refractivity contribution in [2.75, 3.05) is 13.1 Å². The molecule has 1 fully saturated rings. The van der Waals surface area contributed by atoms with Gasteiger partial charge in [0.2, 0.25) is 10.0 Å². The summed E-state index contributed by atoms with van der Waals surface area (Å²) >= 11 is 0. The number of carbonyl (C=O) groups is 2. The van der Waals surface area contributed by atoms with Crippen molar-refractivity contribution in [2.45, 2.75) is 50.7 Å². The zero-order valence-corrected chi connectivity index (χ0v) is 15.5. The van der Waals surface area contributed by atoms with Gasteiger partial charge < -0.3 is 10.1 Å². The fourth-order valence-electron chi connectivity index (χ4n) is 2.32. The van der Waals surface area contributed by atoms with E-state index in [9.17, 15) is 18.0 Å². The Morgan fingerprint density at radius 1 is 1.28 bits per heavy atom. The van der Waals surface area contributed by atoms with Crippen LogP contribution in [0, 0.1) is 0 Å². The Labute approximate surface area is 148 Å². The fraction of sp³-hybridized carbons (Fsp3) is 0.529. The van der Waals surface area contributed by atoms with Crippen LogP contribution < -0.4 is 5.32 Å². The summed E-state index contributed by atoms with van der Waals surface area (Å²) in [6, 6.07) is 5.85. The first-order chi connectivity index (χ1) is 11.8. The molecule has 1 aromatic carbocycles. The zero-order valence-electron chi connectivity index (χ0n) is 14.7. The molecule has 138 valence electrons. The second-order valence-electron chi connectivity index (χ2n) is 5.95. The fourth-order valence-corrected chi connectivity index (χ4v) is 3.83. The molecule has 0 aliphatic heterocycles. The van der Waals surface area contributed by atoms with Crippen LogP contribution in [0.25, 0.3) is 0 Å². The molecule has 1 saturated carbocycles. The van der Waals surface area contributed by atoms with Crippen molar-refractivity contribution >= 4 is 21.9 Å². The van der Waals surface area contributed by atoms with E-state index in [-0.39, 0.29) is 22.4 Å². The lowest BCUT2D eigenvalue weighted by molar-refractivity contribution is -0.129. The predicted octanol–water partition coefficient (Wildman–Crippen LogP) is 1.54. The van der Waals surface area contributed by atoms with Gasteiger partial charge in [-0.1, -0.05) is 19.9 Å². The van der Waals surface area contributed by atoms with E-state index in [1.54, 1.807) is 13.8 Å². The van der Waals surface area contributed by atoms with Gasteiger partial charge in [0, 0.05) is 19.1 Å². The first kappa shape index (κ1) is 19.4. The molecule has 7 nitrogen and oxygen atoms in total. The maximum absolute atomic E-state index is 12.5. The van der Waals surface area contributed by atoms with Crippen LogP contribution in [-0.4, -0.2) is 49.8 Å². The number of ether oxygens (including phenoxy) is 1. The molecular formula is C17H24N2O5S. The third-order valence-electron chi connectivity index (χ3n) is 3.99. The van der Waals surface area contributed by atoms with Gasteiger partial charge in [0.1, 0.15) is 0 Å². The van der Waals surface area contributed by atoms with Crippen LogP contribution in [0.15, 0.2) is 29.2 Å². The molecule has 1 unspecified atom stereocenters. The molecule has 0 spiro atoms. The molecule has 1 aliphatic rings. The van der Waals surface area contributed by atoms with Crippen molar-refractivity contribution < 1.29 is 22.7 Å². The maximum Gasteiger partial charge on any atom is 0.338 e.